The zero-order valence-corrected chi connectivity index (χ0v) is 17.0. The van der Waals surface area contributed by atoms with Gasteiger partial charge >= 0.3 is 0 Å². The van der Waals surface area contributed by atoms with Crippen molar-refractivity contribution in [1.82, 2.24) is 9.55 Å². The summed E-state index contributed by atoms with van der Waals surface area (Å²) in [5.41, 5.74) is 3.09. The molecule has 0 aliphatic heterocycles. The summed E-state index contributed by atoms with van der Waals surface area (Å²) in [5.74, 6) is 1.34. The third-order valence-electron chi connectivity index (χ3n) is 4.15. The largest absolute Gasteiger partial charge is 0.493 e. The number of ether oxygens (including phenoxy) is 2. The number of thioether (sulfide) groups is 1. The molecule has 0 saturated carbocycles. The molecule has 146 valence electrons. The summed E-state index contributed by atoms with van der Waals surface area (Å²) in [6, 6.07) is 13.7. The summed E-state index contributed by atoms with van der Waals surface area (Å²) in [5, 5.41) is 3.68. The second-order valence-corrected chi connectivity index (χ2v) is 7.17. The number of hydrogen-bond acceptors (Lipinski definition) is 5. The minimum absolute atomic E-state index is 0.109. The van der Waals surface area contributed by atoms with Gasteiger partial charge in [0.25, 0.3) is 0 Å². The Labute approximate surface area is 168 Å². The van der Waals surface area contributed by atoms with Crippen molar-refractivity contribution in [1.29, 1.82) is 0 Å². The summed E-state index contributed by atoms with van der Waals surface area (Å²) in [6.07, 6.45) is 3.68. The van der Waals surface area contributed by atoms with Crippen molar-refractivity contribution in [3.8, 4) is 11.5 Å². The van der Waals surface area contributed by atoms with Crippen molar-refractivity contribution in [2.24, 2.45) is 0 Å². The van der Waals surface area contributed by atoms with Gasteiger partial charge in [-0.3, -0.25) is 4.79 Å². The number of carbonyl (C=O) groups excluding carboxylic acids is 1. The molecule has 2 aromatic carbocycles. The first-order valence-electron chi connectivity index (χ1n) is 8.80. The third kappa shape index (κ3) is 5.07. The number of aryl methyl sites for hydroxylation is 1. The summed E-state index contributed by atoms with van der Waals surface area (Å²) < 4.78 is 12.5. The predicted octanol–water partition coefficient (Wildman–Crippen LogP) is 3.99. The Morgan fingerprint density at radius 3 is 2.57 bits per heavy atom. The Bertz CT molecular complexity index is 938. The van der Waals surface area contributed by atoms with E-state index in [0.717, 1.165) is 11.7 Å². The normalized spacial score (nSPS) is 10.5. The second kappa shape index (κ2) is 9.32. The number of amides is 1. The molecule has 0 fully saturated rings. The van der Waals surface area contributed by atoms with E-state index in [1.807, 2.05) is 10.8 Å². The first-order chi connectivity index (χ1) is 13.6. The van der Waals surface area contributed by atoms with Crippen molar-refractivity contribution in [2.75, 3.05) is 25.3 Å². The molecule has 0 spiro atoms. The lowest BCUT2D eigenvalue weighted by molar-refractivity contribution is -0.113. The number of benzene rings is 2. The molecule has 0 aliphatic rings. The number of aromatic nitrogens is 2. The topological polar surface area (TPSA) is 65.4 Å². The molecule has 0 unspecified atom stereocenters. The van der Waals surface area contributed by atoms with Gasteiger partial charge in [0, 0.05) is 30.7 Å². The molecule has 0 saturated heterocycles. The van der Waals surface area contributed by atoms with Crippen LogP contribution in [0.3, 0.4) is 0 Å². The van der Waals surface area contributed by atoms with E-state index in [0.29, 0.717) is 17.2 Å². The van der Waals surface area contributed by atoms with Gasteiger partial charge in [0.15, 0.2) is 16.7 Å². The van der Waals surface area contributed by atoms with Gasteiger partial charge in [-0.1, -0.05) is 41.6 Å². The molecule has 0 atom stereocenters. The fourth-order valence-corrected chi connectivity index (χ4v) is 3.45. The second-order valence-electron chi connectivity index (χ2n) is 6.23. The number of imidazole rings is 1. The molecule has 0 aliphatic carbocycles. The highest BCUT2D eigenvalue weighted by Crippen LogP contribution is 2.29. The molecule has 1 N–H and O–H groups in total. The lowest BCUT2D eigenvalue weighted by atomic mass is 10.1. The van der Waals surface area contributed by atoms with E-state index in [-0.39, 0.29) is 11.7 Å². The van der Waals surface area contributed by atoms with E-state index in [9.17, 15) is 4.79 Å². The SMILES string of the molecule is COc1ccc(NC(=O)CSc2nccn2Cc2ccc(C)cc2)cc1OC. The van der Waals surface area contributed by atoms with Crippen molar-refractivity contribution >= 4 is 23.4 Å². The highest BCUT2D eigenvalue weighted by Gasteiger charge is 2.10. The molecule has 0 radical (unpaired) electrons. The lowest BCUT2D eigenvalue weighted by Gasteiger charge is -2.11. The molecule has 1 amide bonds. The van der Waals surface area contributed by atoms with Crippen molar-refractivity contribution in [2.45, 2.75) is 18.6 Å². The monoisotopic (exact) mass is 397 g/mol. The maximum atomic E-state index is 12.3. The number of nitrogens with zero attached hydrogens (tertiary/aromatic N) is 2. The fourth-order valence-electron chi connectivity index (χ4n) is 2.69. The zero-order valence-electron chi connectivity index (χ0n) is 16.1. The fraction of sp³-hybridized carbons (Fsp3) is 0.238. The predicted molar refractivity (Wildman–Crippen MR) is 111 cm³/mol. The number of nitrogens with one attached hydrogen (secondary N) is 1. The van der Waals surface area contributed by atoms with Gasteiger partial charge in [-0.25, -0.2) is 4.98 Å². The Balaban J connectivity index is 1.58. The van der Waals surface area contributed by atoms with Crippen LogP contribution in [0.2, 0.25) is 0 Å². The van der Waals surface area contributed by atoms with Crippen molar-refractivity contribution in [3.63, 3.8) is 0 Å². The minimum Gasteiger partial charge on any atom is -0.493 e. The van der Waals surface area contributed by atoms with E-state index in [2.05, 4.69) is 41.5 Å². The molecule has 28 heavy (non-hydrogen) atoms. The summed E-state index contributed by atoms with van der Waals surface area (Å²) >= 11 is 1.40. The molecule has 0 bridgehead atoms. The van der Waals surface area contributed by atoms with Crippen LogP contribution in [0.1, 0.15) is 11.1 Å². The maximum Gasteiger partial charge on any atom is 0.234 e. The van der Waals surface area contributed by atoms with Crippen LogP contribution >= 0.6 is 11.8 Å². The van der Waals surface area contributed by atoms with Crippen LogP contribution in [0.5, 0.6) is 11.5 Å². The van der Waals surface area contributed by atoms with Crippen LogP contribution in [-0.4, -0.2) is 35.4 Å². The van der Waals surface area contributed by atoms with Crippen LogP contribution in [0, 0.1) is 6.92 Å². The third-order valence-corrected chi connectivity index (χ3v) is 5.16. The molecule has 3 rings (SSSR count). The Hall–Kier alpha value is -2.93. The van der Waals surface area contributed by atoms with Gasteiger partial charge in [-0.15, -0.1) is 0 Å². The standard InChI is InChI=1S/C21H23N3O3S/c1-15-4-6-16(7-5-15)13-24-11-10-22-21(24)28-14-20(25)23-17-8-9-18(26-2)19(12-17)27-3/h4-12H,13-14H2,1-3H3,(H,23,25). The first-order valence-corrected chi connectivity index (χ1v) is 9.79. The van der Waals surface area contributed by atoms with Crippen LogP contribution in [-0.2, 0) is 11.3 Å². The smallest absolute Gasteiger partial charge is 0.234 e. The molecule has 1 aromatic heterocycles. The molecule has 6 nitrogen and oxygen atoms in total. The molecule has 1 heterocycles. The average molecular weight is 398 g/mol. The van der Waals surface area contributed by atoms with Crippen LogP contribution in [0.15, 0.2) is 60.0 Å². The van der Waals surface area contributed by atoms with Gasteiger partial charge in [-0.05, 0) is 24.6 Å². The Kier molecular flexibility index (Phi) is 6.60. The molecule has 3 aromatic rings. The summed E-state index contributed by atoms with van der Waals surface area (Å²) in [4.78, 5) is 16.7. The molecular weight excluding hydrogens is 374 g/mol. The van der Waals surface area contributed by atoms with E-state index in [1.165, 1.54) is 22.9 Å². The van der Waals surface area contributed by atoms with Gasteiger partial charge in [0.05, 0.1) is 20.0 Å². The summed E-state index contributed by atoms with van der Waals surface area (Å²) in [6.45, 7) is 2.79. The Morgan fingerprint density at radius 1 is 1.11 bits per heavy atom. The molecular formula is C21H23N3O3S. The zero-order chi connectivity index (χ0) is 19.9. The van der Waals surface area contributed by atoms with Gasteiger partial charge < -0.3 is 19.4 Å². The number of carbonyl (C=O) groups is 1. The van der Waals surface area contributed by atoms with Crippen LogP contribution in [0.4, 0.5) is 5.69 Å². The first kappa shape index (κ1) is 19.8. The van der Waals surface area contributed by atoms with E-state index >= 15 is 0 Å². The van der Waals surface area contributed by atoms with Crippen LogP contribution < -0.4 is 14.8 Å². The number of methoxy groups -OCH3 is 2. The van der Waals surface area contributed by atoms with Crippen molar-refractivity contribution < 1.29 is 14.3 Å². The number of rotatable bonds is 8. The van der Waals surface area contributed by atoms with E-state index in [1.54, 1.807) is 38.6 Å². The van der Waals surface area contributed by atoms with Crippen molar-refractivity contribution in [3.05, 3.63) is 66.0 Å². The van der Waals surface area contributed by atoms with Gasteiger partial charge in [-0.2, -0.15) is 0 Å². The number of anilines is 1. The van der Waals surface area contributed by atoms with Crippen LogP contribution in [0.25, 0.3) is 0 Å². The lowest BCUT2D eigenvalue weighted by Crippen LogP contribution is -2.14. The highest BCUT2D eigenvalue weighted by molar-refractivity contribution is 7.99. The van der Waals surface area contributed by atoms with Gasteiger partial charge in [0.2, 0.25) is 5.91 Å². The average Bonchev–Trinajstić information content (AvgIpc) is 3.15. The van der Waals surface area contributed by atoms with E-state index < -0.39 is 0 Å². The van der Waals surface area contributed by atoms with E-state index in [4.69, 9.17) is 9.47 Å². The Morgan fingerprint density at radius 2 is 1.86 bits per heavy atom. The summed E-state index contributed by atoms with van der Waals surface area (Å²) in [7, 11) is 3.14. The number of hydrogen-bond donors (Lipinski definition) is 1. The van der Waals surface area contributed by atoms with Gasteiger partial charge in [0.1, 0.15) is 0 Å². The maximum absolute atomic E-state index is 12.3. The minimum atomic E-state index is -0.109. The highest BCUT2D eigenvalue weighted by atomic mass is 32.2. The molecule has 7 heteroatoms. The quantitative estimate of drug-likeness (QED) is 0.582.